The van der Waals surface area contributed by atoms with Crippen LogP contribution in [0, 0.1) is 11.6 Å². The standard InChI is InChI=1S/C16H17F2NO2/c1-16(21,14-6-5-12(17)8-15(14)18)10-19-9-11-3-2-4-13(20)7-11/h2-8,19-21H,9-10H2,1H3. The minimum Gasteiger partial charge on any atom is -0.508 e. The van der Waals surface area contributed by atoms with Crippen molar-refractivity contribution in [2.45, 2.75) is 19.1 Å². The van der Waals surface area contributed by atoms with Gasteiger partial charge in [-0.25, -0.2) is 8.78 Å². The molecular formula is C16H17F2NO2. The van der Waals surface area contributed by atoms with E-state index in [-0.39, 0.29) is 17.9 Å². The molecule has 0 bridgehead atoms. The van der Waals surface area contributed by atoms with Gasteiger partial charge in [0.2, 0.25) is 0 Å². The predicted molar refractivity (Wildman–Crippen MR) is 75.7 cm³/mol. The van der Waals surface area contributed by atoms with Gasteiger partial charge < -0.3 is 15.5 Å². The molecule has 1 atom stereocenters. The second kappa shape index (κ2) is 6.20. The largest absolute Gasteiger partial charge is 0.508 e. The van der Waals surface area contributed by atoms with Crippen molar-refractivity contribution in [3.05, 3.63) is 65.2 Å². The van der Waals surface area contributed by atoms with Crippen LogP contribution >= 0.6 is 0 Å². The zero-order valence-electron chi connectivity index (χ0n) is 11.6. The number of phenolic OH excluding ortho intramolecular Hbond substituents is 1. The van der Waals surface area contributed by atoms with Gasteiger partial charge in [-0.05, 0) is 30.7 Å². The van der Waals surface area contributed by atoms with Crippen LogP contribution in [0.25, 0.3) is 0 Å². The Morgan fingerprint density at radius 1 is 1.14 bits per heavy atom. The number of phenols is 1. The third-order valence-corrected chi connectivity index (χ3v) is 3.22. The number of aromatic hydroxyl groups is 1. The summed E-state index contributed by atoms with van der Waals surface area (Å²) in [4.78, 5) is 0. The van der Waals surface area contributed by atoms with Crippen molar-refractivity contribution in [1.82, 2.24) is 5.32 Å². The van der Waals surface area contributed by atoms with Gasteiger partial charge >= 0.3 is 0 Å². The second-order valence-electron chi connectivity index (χ2n) is 5.17. The summed E-state index contributed by atoms with van der Waals surface area (Å²) in [5, 5.41) is 22.7. The topological polar surface area (TPSA) is 52.5 Å². The summed E-state index contributed by atoms with van der Waals surface area (Å²) in [6.45, 7) is 1.96. The van der Waals surface area contributed by atoms with Gasteiger partial charge in [0.1, 0.15) is 23.0 Å². The van der Waals surface area contributed by atoms with Crippen LogP contribution in [0.5, 0.6) is 5.75 Å². The van der Waals surface area contributed by atoms with Crippen LogP contribution in [0.1, 0.15) is 18.1 Å². The Morgan fingerprint density at radius 3 is 2.57 bits per heavy atom. The van der Waals surface area contributed by atoms with E-state index in [4.69, 9.17) is 0 Å². The molecule has 21 heavy (non-hydrogen) atoms. The molecule has 0 fully saturated rings. The van der Waals surface area contributed by atoms with E-state index in [1.807, 2.05) is 6.07 Å². The second-order valence-corrected chi connectivity index (χ2v) is 5.17. The van der Waals surface area contributed by atoms with E-state index >= 15 is 0 Å². The maximum absolute atomic E-state index is 13.7. The first-order valence-corrected chi connectivity index (χ1v) is 6.55. The van der Waals surface area contributed by atoms with E-state index in [1.54, 1.807) is 18.2 Å². The molecule has 0 aromatic heterocycles. The lowest BCUT2D eigenvalue weighted by atomic mass is 9.95. The Balaban J connectivity index is 2.01. The van der Waals surface area contributed by atoms with E-state index in [1.165, 1.54) is 13.0 Å². The number of halogens is 2. The Kier molecular flexibility index (Phi) is 4.55. The third kappa shape index (κ3) is 4.00. The fourth-order valence-corrected chi connectivity index (χ4v) is 2.14. The molecule has 0 heterocycles. The Morgan fingerprint density at radius 2 is 1.90 bits per heavy atom. The SMILES string of the molecule is CC(O)(CNCc1cccc(O)c1)c1ccc(F)cc1F. The van der Waals surface area contributed by atoms with Crippen molar-refractivity contribution in [1.29, 1.82) is 0 Å². The summed E-state index contributed by atoms with van der Waals surface area (Å²) in [6, 6.07) is 9.79. The molecule has 0 saturated carbocycles. The molecule has 0 aliphatic heterocycles. The molecule has 2 aromatic rings. The van der Waals surface area contributed by atoms with Crippen molar-refractivity contribution >= 4 is 0 Å². The fourth-order valence-electron chi connectivity index (χ4n) is 2.14. The normalized spacial score (nSPS) is 13.9. The summed E-state index contributed by atoms with van der Waals surface area (Å²) in [5.41, 5.74) is -0.591. The first-order chi connectivity index (χ1) is 9.88. The van der Waals surface area contributed by atoms with Gasteiger partial charge in [-0.2, -0.15) is 0 Å². The smallest absolute Gasteiger partial charge is 0.132 e. The molecule has 5 heteroatoms. The highest BCUT2D eigenvalue weighted by atomic mass is 19.1. The van der Waals surface area contributed by atoms with Gasteiger partial charge in [0.25, 0.3) is 0 Å². The van der Waals surface area contributed by atoms with Crippen LogP contribution in [0.3, 0.4) is 0 Å². The van der Waals surface area contributed by atoms with Crippen molar-refractivity contribution in [2.75, 3.05) is 6.54 Å². The molecular weight excluding hydrogens is 276 g/mol. The van der Waals surface area contributed by atoms with E-state index < -0.39 is 17.2 Å². The number of nitrogens with one attached hydrogen (secondary N) is 1. The van der Waals surface area contributed by atoms with Crippen LogP contribution < -0.4 is 5.32 Å². The quantitative estimate of drug-likeness (QED) is 0.794. The van der Waals surface area contributed by atoms with Gasteiger partial charge in [-0.15, -0.1) is 0 Å². The molecule has 3 N–H and O–H groups in total. The lowest BCUT2D eigenvalue weighted by Gasteiger charge is -2.25. The molecule has 0 spiro atoms. The highest BCUT2D eigenvalue weighted by Crippen LogP contribution is 2.23. The predicted octanol–water partition coefficient (Wildman–Crippen LogP) is 2.67. The van der Waals surface area contributed by atoms with Crippen molar-refractivity contribution in [3.63, 3.8) is 0 Å². The van der Waals surface area contributed by atoms with Crippen LogP contribution in [-0.4, -0.2) is 16.8 Å². The lowest BCUT2D eigenvalue weighted by molar-refractivity contribution is 0.0528. The van der Waals surface area contributed by atoms with Crippen LogP contribution in [0.4, 0.5) is 8.78 Å². The molecule has 0 aliphatic rings. The molecule has 2 rings (SSSR count). The molecule has 0 aliphatic carbocycles. The van der Waals surface area contributed by atoms with Gasteiger partial charge in [0.05, 0.1) is 0 Å². The average Bonchev–Trinajstić information content (AvgIpc) is 2.38. The first-order valence-electron chi connectivity index (χ1n) is 6.55. The summed E-state index contributed by atoms with van der Waals surface area (Å²) in [6.07, 6.45) is 0. The molecule has 0 saturated heterocycles. The number of rotatable bonds is 5. The van der Waals surface area contributed by atoms with Crippen LogP contribution in [0.15, 0.2) is 42.5 Å². The van der Waals surface area contributed by atoms with Gasteiger partial charge in [-0.1, -0.05) is 18.2 Å². The highest BCUT2D eigenvalue weighted by Gasteiger charge is 2.26. The third-order valence-electron chi connectivity index (χ3n) is 3.22. The molecule has 2 aromatic carbocycles. The summed E-state index contributed by atoms with van der Waals surface area (Å²) < 4.78 is 26.6. The number of hydrogen-bond donors (Lipinski definition) is 3. The molecule has 112 valence electrons. The number of aliphatic hydroxyl groups is 1. The fraction of sp³-hybridized carbons (Fsp3) is 0.250. The Bertz CT molecular complexity index is 629. The maximum Gasteiger partial charge on any atom is 0.132 e. The number of benzene rings is 2. The van der Waals surface area contributed by atoms with Crippen LogP contribution in [0.2, 0.25) is 0 Å². The zero-order chi connectivity index (χ0) is 15.5. The summed E-state index contributed by atoms with van der Waals surface area (Å²) in [7, 11) is 0. The average molecular weight is 293 g/mol. The molecule has 0 amide bonds. The molecule has 0 radical (unpaired) electrons. The minimum absolute atomic E-state index is 0.0345. The zero-order valence-corrected chi connectivity index (χ0v) is 11.6. The van der Waals surface area contributed by atoms with Gasteiger partial charge in [0, 0.05) is 24.7 Å². The monoisotopic (exact) mass is 293 g/mol. The van der Waals surface area contributed by atoms with E-state index in [2.05, 4.69) is 5.32 Å². The molecule has 3 nitrogen and oxygen atoms in total. The van der Waals surface area contributed by atoms with Gasteiger partial charge in [0.15, 0.2) is 0 Å². The Labute approximate surface area is 121 Å². The van der Waals surface area contributed by atoms with Crippen molar-refractivity contribution in [2.24, 2.45) is 0 Å². The van der Waals surface area contributed by atoms with E-state index in [9.17, 15) is 19.0 Å². The molecule has 1 unspecified atom stereocenters. The van der Waals surface area contributed by atoms with Gasteiger partial charge in [-0.3, -0.25) is 0 Å². The highest BCUT2D eigenvalue weighted by molar-refractivity contribution is 5.27. The Hall–Kier alpha value is -1.98. The number of hydrogen-bond acceptors (Lipinski definition) is 3. The minimum atomic E-state index is -1.46. The first kappa shape index (κ1) is 15.4. The van der Waals surface area contributed by atoms with Crippen molar-refractivity contribution < 1.29 is 19.0 Å². The summed E-state index contributed by atoms with van der Waals surface area (Å²) in [5.74, 6) is -1.30. The maximum atomic E-state index is 13.7. The van der Waals surface area contributed by atoms with E-state index in [0.717, 1.165) is 17.7 Å². The van der Waals surface area contributed by atoms with E-state index in [0.29, 0.717) is 6.54 Å². The van der Waals surface area contributed by atoms with Crippen LogP contribution in [-0.2, 0) is 12.1 Å². The lowest BCUT2D eigenvalue weighted by Crippen LogP contribution is -2.36. The van der Waals surface area contributed by atoms with Crippen molar-refractivity contribution in [3.8, 4) is 5.75 Å². The summed E-state index contributed by atoms with van der Waals surface area (Å²) >= 11 is 0.